The summed E-state index contributed by atoms with van der Waals surface area (Å²) in [6.45, 7) is 4.39. The third-order valence-electron chi connectivity index (χ3n) is 2.97. The molecule has 2 rings (SSSR count). The Morgan fingerprint density at radius 2 is 2.50 bits per heavy atom. The van der Waals surface area contributed by atoms with Crippen LogP contribution in [0.3, 0.4) is 0 Å². The summed E-state index contributed by atoms with van der Waals surface area (Å²) < 4.78 is 6.99. The topological polar surface area (TPSA) is 59.3 Å². The number of rotatable bonds is 4. The average molecular weight is 225 g/mol. The Bertz CT molecular complexity index is 356. The summed E-state index contributed by atoms with van der Waals surface area (Å²) in [5.74, 6) is 0. The van der Waals surface area contributed by atoms with Gasteiger partial charge in [-0.15, -0.1) is 0 Å². The minimum absolute atomic E-state index is 0.437. The number of nitrogens with one attached hydrogen (secondary N) is 1. The molecule has 2 N–H and O–H groups in total. The van der Waals surface area contributed by atoms with Crippen molar-refractivity contribution in [2.75, 3.05) is 19.8 Å². The highest BCUT2D eigenvalue weighted by Gasteiger charge is 2.31. The monoisotopic (exact) mass is 225 g/mol. The fourth-order valence-corrected chi connectivity index (χ4v) is 1.99. The molecule has 1 fully saturated rings. The maximum absolute atomic E-state index is 10.0. The smallest absolute Gasteiger partial charge is 0.102 e. The molecular weight excluding hydrogens is 206 g/mol. The van der Waals surface area contributed by atoms with E-state index >= 15 is 0 Å². The lowest BCUT2D eigenvalue weighted by molar-refractivity contribution is 0.0268. The Balaban J connectivity index is 1.81. The Hall–Kier alpha value is -0.910. The zero-order valence-electron chi connectivity index (χ0n) is 9.86. The number of aryl methyl sites for hydroxylation is 2. The SMILES string of the molecule is Cc1nn(C)cc1CNCC1(O)CCOC1. The van der Waals surface area contributed by atoms with Gasteiger partial charge in [-0.2, -0.15) is 5.10 Å². The summed E-state index contributed by atoms with van der Waals surface area (Å²) in [6.07, 6.45) is 2.71. The van der Waals surface area contributed by atoms with E-state index in [4.69, 9.17) is 4.74 Å². The first-order valence-electron chi connectivity index (χ1n) is 5.59. The van der Waals surface area contributed by atoms with Gasteiger partial charge in [0.05, 0.1) is 12.3 Å². The summed E-state index contributed by atoms with van der Waals surface area (Å²) in [7, 11) is 1.91. The fourth-order valence-electron chi connectivity index (χ4n) is 1.99. The summed E-state index contributed by atoms with van der Waals surface area (Å²) in [5.41, 5.74) is 1.52. The van der Waals surface area contributed by atoms with Crippen LogP contribution < -0.4 is 5.32 Å². The highest BCUT2D eigenvalue weighted by Crippen LogP contribution is 2.17. The molecule has 0 spiro atoms. The van der Waals surface area contributed by atoms with Crippen molar-refractivity contribution >= 4 is 0 Å². The summed E-state index contributed by atoms with van der Waals surface area (Å²) >= 11 is 0. The van der Waals surface area contributed by atoms with Gasteiger partial charge in [0.1, 0.15) is 5.60 Å². The van der Waals surface area contributed by atoms with Gasteiger partial charge < -0.3 is 15.2 Å². The molecular formula is C11H19N3O2. The van der Waals surface area contributed by atoms with Crippen LogP contribution in [0.4, 0.5) is 0 Å². The molecule has 0 aliphatic carbocycles. The van der Waals surface area contributed by atoms with Crippen LogP contribution in [0.25, 0.3) is 0 Å². The molecule has 90 valence electrons. The van der Waals surface area contributed by atoms with Gasteiger partial charge in [0.15, 0.2) is 0 Å². The standard InChI is InChI=1S/C11H19N3O2/c1-9-10(6-14(2)13-9)5-12-7-11(15)3-4-16-8-11/h6,12,15H,3-5,7-8H2,1-2H3. The predicted octanol–water partition coefficient (Wildman–Crippen LogP) is -0.0305. The van der Waals surface area contributed by atoms with E-state index in [2.05, 4.69) is 10.4 Å². The van der Waals surface area contributed by atoms with Crippen LogP contribution in [0.5, 0.6) is 0 Å². The van der Waals surface area contributed by atoms with Gasteiger partial charge in [-0.05, 0) is 6.92 Å². The molecule has 1 aliphatic rings. The number of ether oxygens (including phenoxy) is 1. The Kier molecular flexibility index (Phi) is 3.28. The first-order valence-corrected chi connectivity index (χ1v) is 5.59. The summed E-state index contributed by atoms with van der Waals surface area (Å²) in [5, 5.41) is 17.6. The molecule has 0 aromatic carbocycles. The summed E-state index contributed by atoms with van der Waals surface area (Å²) in [4.78, 5) is 0. The number of hydrogen-bond acceptors (Lipinski definition) is 4. The molecule has 5 heteroatoms. The van der Waals surface area contributed by atoms with E-state index in [0.717, 1.165) is 12.2 Å². The third kappa shape index (κ3) is 2.61. The molecule has 5 nitrogen and oxygen atoms in total. The van der Waals surface area contributed by atoms with Crippen molar-refractivity contribution < 1.29 is 9.84 Å². The highest BCUT2D eigenvalue weighted by molar-refractivity contribution is 5.14. The molecule has 0 amide bonds. The Morgan fingerprint density at radius 3 is 3.06 bits per heavy atom. The van der Waals surface area contributed by atoms with Gasteiger partial charge in [0.2, 0.25) is 0 Å². The van der Waals surface area contributed by atoms with Crippen LogP contribution in [-0.4, -0.2) is 40.2 Å². The van der Waals surface area contributed by atoms with E-state index in [9.17, 15) is 5.11 Å². The first-order chi connectivity index (χ1) is 7.59. The van der Waals surface area contributed by atoms with Crippen molar-refractivity contribution in [3.05, 3.63) is 17.5 Å². The number of aliphatic hydroxyl groups is 1. The minimum atomic E-state index is -0.684. The minimum Gasteiger partial charge on any atom is -0.386 e. The van der Waals surface area contributed by atoms with Crippen molar-refractivity contribution in [3.63, 3.8) is 0 Å². The zero-order chi connectivity index (χ0) is 11.6. The summed E-state index contributed by atoms with van der Waals surface area (Å²) in [6, 6.07) is 0. The third-order valence-corrected chi connectivity index (χ3v) is 2.97. The van der Waals surface area contributed by atoms with E-state index in [-0.39, 0.29) is 0 Å². The number of aromatic nitrogens is 2. The van der Waals surface area contributed by atoms with Crippen molar-refractivity contribution in [3.8, 4) is 0 Å². The van der Waals surface area contributed by atoms with E-state index in [1.165, 1.54) is 5.56 Å². The molecule has 16 heavy (non-hydrogen) atoms. The maximum atomic E-state index is 10.0. The second-order valence-corrected chi connectivity index (χ2v) is 4.54. The maximum Gasteiger partial charge on any atom is 0.102 e. The van der Waals surface area contributed by atoms with Crippen LogP contribution in [0.1, 0.15) is 17.7 Å². The molecule has 1 unspecified atom stereocenters. The van der Waals surface area contributed by atoms with Crippen LogP contribution in [0, 0.1) is 6.92 Å². The second kappa shape index (κ2) is 4.53. The molecule has 0 radical (unpaired) electrons. The van der Waals surface area contributed by atoms with Crippen LogP contribution >= 0.6 is 0 Å². The Morgan fingerprint density at radius 1 is 1.69 bits per heavy atom. The molecule has 1 aromatic rings. The van der Waals surface area contributed by atoms with Crippen molar-refractivity contribution in [2.45, 2.75) is 25.5 Å². The molecule has 2 heterocycles. The van der Waals surface area contributed by atoms with Gasteiger partial charge in [-0.3, -0.25) is 4.68 Å². The lowest BCUT2D eigenvalue weighted by Crippen LogP contribution is -2.40. The molecule has 1 saturated heterocycles. The predicted molar refractivity (Wildman–Crippen MR) is 60.0 cm³/mol. The van der Waals surface area contributed by atoms with Gasteiger partial charge >= 0.3 is 0 Å². The van der Waals surface area contributed by atoms with E-state index in [0.29, 0.717) is 26.2 Å². The average Bonchev–Trinajstić information content (AvgIpc) is 2.75. The fraction of sp³-hybridized carbons (Fsp3) is 0.727. The molecule has 1 atom stereocenters. The first kappa shape index (κ1) is 11.6. The normalized spacial score (nSPS) is 25.2. The van der Waals surface area contributed by atoms with Crippen LogP contribution in [-0.2, 0) is 18.3 Å². The molecule has 0 bridgehead atoms. The lowest BCUT2D eigenvalue weighted by Gasteiger charge is -2.20. The van der Waals surface area contributed by atoms with Gasteiger partial charge in [-0.1, -0.05) is 0 Å². The number of hydrogen-bond donors (Lipinski definition) is 2. The molecule has 1 aromatic heterocycles. The second-order valence-electron chi connectivity index (χ2n) is 4.54. The lowest BCUT2D eigenvalue weighted by atomic mass is 10.0. The van der Waals surface area contributed by atoms with Crippen molar-refractivity contribution in [2.24, 2.45) is 7.05 Å². The van der Waals surface area contributed by atoms with Gasteiger partial charge in [-0.25, -0.2) is 0 Å². The largest absolute Gasteiger partial charge is 0.386 e. The quantitative estimate of drug-likeness (QED) is 0.755. The van der Waals surface area contributed by atoms with Gasteiger partial charge in [0, 0.05) is 44.9 Å². The zero-order valence-corrected chi connectivity index (χ0v) is 9.86. The van der Waals surface area contributed by atoms with E-state index in [1.54, 1.807) is 4.68 Å². The molecule has 1 aliphatic heterocycles. The molecule has 0 saturated carbocycles. The van der Waals surface area contributed by atoms with Crippen LogP contribution in [0.2, 0.25) is 0 Å². The van der Waals surface area contributed by atoms with E-state index in [1.807, 2.05) is 20.2 Å². The highest BCUT2D eigenvalue weighted by atomic mass is 16.5. The van der Waals surface area contributed by atoms with Gasteiger partial charge in [0.25, 0.3) is 0 Å². The van der Waals surface area contributed by atoms with Crippen LogP contribution in [0.15, 0.2) is 6.20 Å². The van der Waals surface area contributed by atoms with Crippen molar-refractivity contribution in [1.82, 2.24) is 15.1 Å². The van der Waals surface area contributed by atoms with E-state index < -0.39 is 5.60 Å². The Labute approximate surface area is 95.4 Å². The van der Waals surface area contributed by atoms with Crippen molar-refractivity contribution in [1.29, 1.82) is 0 Å². The number of nitrogens with zero attached hydrogens (tertiary/aromatic N) is 2.